The van der Waals surface area contributed by atoms with Crippen LogP contribution in [0.2, 0.25) is 5.02 Å². The molecule has 11 heteroatoms. The Labute approximate surface area is 229 Å². The lowest BCUT2D eigenvalue weighted by Gasteiger charge is -2.33. The van der Waals surface area contributed by atoms with E-state index in [4.69, 9.17) is 21.1 Å². The van der Waals surface area contributed by atoms with Crippen LogP contribution in [0.4, 0.5) is 0 Å². The van der Waals surface area contributed by atoms with E-state index in [9.17, 15) is 14.7 Å². The highest BCUT2D eigenvalue weighted by Crippen LogP contribution is 2.27. The lowest BCUT2D eigenvalue weighted by molar-refractivity contribution is -0.134. The minimum atomic E-state index is -0.632. The van der Waals surface area contributed by atoms with Gasteiger partial charge in [-0.1, -0.05) is 33.6 Å². The minimum Gasteiger partial charge on any atom is -0.491 e. The molecular weight excluding hydrogens is 564 g/mol. The van der Waals surface area contributed by atoms with Gasteiger partial charge in [-0.15, -0.1) is 0 Å². The second-order valence-corrected chi connectivity index (χ2v) is 10.3. The second kappa shape index (κ2) is 13.2. The van der Waals surface area contributed by atoms with Gasteiger partial charge < -0.3 is 24.8 Å². The fourth-order valence-electron chi connectivity index (χ4n) is 4.15. The zero-order valence-corrected chi connectivity index (χ0v) is 22.6. The Hall–Kier alpha value is -2.66. The van der Waals surface area contributed by atoms with Crippen LogP contribution < -0.4 is 20.2 Å². The molecule has 9 nitrogen and oxygen atoms in total. The summed E-state index contributed by atoms with van der Waals surface area (Å²) in [5.74, 6) is 0.927. The number of carbonyl (C=O) groups excluding carboxylic acids is 2. The number of nitrogens with one attached hydrogen (secondary N) is 2. The topological polar surface area (TPSA) is 112 Å². The van der Waals surface area contributed by atoms with E-state index in [1.54, 1.807) is 17.0 Å². The molecule has 1 atom stereocenters. The van der Waals surface area contributed by atoms with Gasteiger partial charge in [0.1, 0.15) is 24.2 Å². The zero-order valence-electron chi connectivity index (χ0n) is 20.3. The molecule has 0 saturated carbocycles. The van der Waals surface area contributed by atoms with Crippen LogP contribution in [-0.2, 0) is 9.59 Å². The Morgan fingerprint density at radius 3 is 2.73 bits per heavy atom. The summed E-state index contributed by atoms with van der Waals surface area (Å²) >= 11 is 9.76. The molecule has 0 unspecified atom stereocenters. The normalized spacial score (nSPS) is 17.1. The molecule has 2 aromatic rings. The zero-order chi connectivity index (χ0) is 26.2. The lowest BCUT2D eigenvalue weighted by Crippen LogP contribution is -2.48. The number of hydrogen-bond acceptors (Lipinski definition) is 7. The van der Waals surface area contributed by atoms with Gasteiger partial charge >= 0.3 is 0 Å². The smallest absolute Gasteiger partial charge is 0.260 e. The number of amides is 2. The fraction of sp³-hybridized carbons (Fsp3) is 0.423. The summed E-state index contributed by atoms with van der Waals surface area (Å²) in [6.07, 6.45) is 1.88. The van der Waals surface area contributed by atoms with E-state index in [0.29, 0.717) is 49.0 Å². The van der Waals surface area contributed by atoms with Crippen LogP contribution in [0.15, 0.2) is 52.0 Å². The SMILES string of the molecule is O=C1CCC(c2ccc(OCC(=O)N3CCC(NC[C@H](O)COc4cccc(Br)c4)CC3)c(Cl)c2)=NN1. The molecule has 3 N–H and O–H groups in total. The van der Waals surface area contributed by atoms with Crippen LogP contribution in [-0.4, -0.2) is 72.5 Å². The first-order valence-electron chi connectivity index (χ1n) is 12.2. The van der Waals surface area contributed by atoms with Crippen molar-refractivity contribution in [1.29, 1.82) is 0 Å². The Morgan fingerprint density at radius 1 is 1.22 bits per heavy atom. The maximum absolute atomic E-state index is 12.7. The number of aliphatic hydroxyl groups is 1. The lowest BCUT2D eigenvalue weighted by atomic mass is 10.0. The number of rotatable bonds is 10. The van der Waals surface area contributed by atoms with E-state index >= 15 is 0 Å². The largest absolute Gasteiger partial charge is 0.491 e. The predicted molar refractivity (Wildman–Crippen MR) is 144 cm³/mol. The van der Waals surface area contributed by atoms with Crippen molar-refractivity contribution < 1.29 is 24.2 Å². The van der Waals surface area contributed by atoms with Gasteiger partial charge in [0.05, 0.1) is 10.7 Å². The molecule has 0 aliphatic carbocycles. The van der Waals surface area contributed by atoms with Crippen LogP contribution in [0, 0.1) is 0 Å². The van der Waals surface area contributed by atoms with Gasteiger partial charge in [-0.3, -0.25) is 9.59 Å². The molecule has 1 saturated heterocycles. The summed E-state index contributed by atoms with van der Waals surface area (Å²) in [6, 6.07) is 13.0. The van der Waals surface area contributed by atoms with E-state index in [1.807, 2.05) is 30.3 Å². The number of ether oxygens (including phenoxy) is 2. The maximum Gasteiger partial charge on any atom is 0.260 e. The Bertz CT molecular complexity index is 1140. The summed E-state index contributed by atoms with van der Waals surface area (Å²) in [6.45, 7) is 1.75. The molecule has 0 bridgehead atoms. The van der Waals surface area contributed by atoms with E-state index in [-0.39, 0.29) is 31.1 Å². The quantitative estimate of drug-likeness (QED) is 0.390. The third-order valence-corrected chi connectivity index (χ3v) is 7.04. The Balaban J connectivity index is 1.15. The van der Waals surface area contributed by atoms with Gasteiger partial charge in [0, 0.05) is 43.0 Å². The number of likely N-dealkylation sites (tertiary alicyclic amines) is 1. The van der Waals surface area contributed by atoms with E-state index < -0.39 is 6.10 Å². The van der Waals surface area contributed by atoms with Gasteiger partial charge in [0.25, 0.3) is 5.91 Å². The average Bonchev–Trinajstić information content (AvgIpc) is 2.90. The van der Waals surface area contributed by atoms with Crippen LogP contribution in [0.3, 0.4) is 0 Å². The van der Waals surface area contributed by atoms with Crippen LogP contribution in [0.5, 0.6) is 11.5 Å². The van der Waals surface area contributed by atoms with Crippen molar-refractivity contribution in [3.63, 3.8) is 0 Å². The van der Waals surface area contributed by atoms with E-state index in [2.05, 4.69) is 31.8 Å². The Kier molecular flexibility index (Phi) is 9.79. The maximum atomic E-state index is 12.7. The van der Waals surface area contributed by atoms with Gasteiger partial charge in [-0.2, -0.15) is 5.10 Å². The molecule has 0 spiro atoms. The number of halogens is 2. The van der Waals surface area contributed by atoms with Crippen LogP contribution >= 0.6 is 27.5 Å². The number of piperidine rings is 1. The number of nitrogens with zero attached hydrogens (tertiary/aromatic N) is 2. The third-order valence-electron chi connectivity index (χ3n) is 6.25. The van der Waals surface area contributed by atoms with E-state index in [1.165, 1.54) is 0 Å². The highest BCUT2D eigenvalue weighted by atomic mass is 79.9. The summed E-state index contributed by atoms with van der Waals surface area (Å²) in [5.41, 5.74) is 4.03. The van der Waals surface area contributed by atoms with Gasteiger partial charge in [-0.25, -0.2) is 5.43 Å². The van der Waals surface area contributed by atoms with Crippen LogP contribution in [0.25, 0.3) is 0 Å². The molecule has 37 heavy (non-hydrogen) atoms. The third kappa shape index (κ3) is 8.16. The first-order chi connectivity index (χ1) is 17.9. The van der Waals surface area contributed by atoms with E-state index in [0.717, 1.165) is 28.6 Å². The van der Waals surface area contributed by atoms with Crippen molar-refractivity contribution in [3.05, 3.63) is 57.5 Å². The number of benzene rings is 2. The van der Waals surface area contributed by atoms with Crippen molar-refractivity contribution in [2.24, 2.45) is 5.10 Å². The summed E-state index contributed by atoms with van der Waals surface area (Å²) < 4.78 is 12.2. The molecule has 2 heterocycles. The molecule has 1 fully saturated rings. The van der Waals surface area contributed by atoms with Gasteiger partial charge in [0.2, 0.25) is 5.91 Å². The van der Waals surface area contributed by atoms with Crippen molar-refractivity contribution >= 4 is 45.1 Å². The molecule has 2 aromatic carbocycles. The fourth-order valence-corrected chi connectivity index (χ4v) is 4.77. The standard InChI is InChI=1S/C26H30BrClN4O5/c27-18-2-1-3-21(13-18)36-15-20(33)14-29-19-8-10-32(11-9-19)26(35)16-37-24-6-4-17(12-22(24)28)23-5-7-25(34)31-30-23/h1-4,6,12-13,19-20,29,33H,5,7-11,14-16H2,(H,31,34)/t20-/m0/s1. The molecule has 0 aromatic heterocycles. The van der Waals surface area contributed by atoms with Crippen molar-refractivity contribution in [2.45, 2.75) is 37.8 Å². The highest BCUT2D eigenvalue weighted by molar-refractivity contribution is 9.10. The Morgan fingerprint density at radius 2 is 2.03 bits per heavy atom. The molecule has 2 aliphatic heterocycles. The molecular formula is C26H30BrClN4O5. The number of hydrogen-bond donors (Lipinski definition) is 3. The molecule has 4 rings (SSSR count). The summed E-state index contributed by atoms with van der Waals surface area (Å²) in [7, 11) is 0. The van der Waals surface area contributed by atoms with Crippen LogP contribution in [0.1, 0.15) is 31.2 Å². The molecule has 198 valence electrons. The number of hydrazone groups is 1. The number of aliphatic hydroxyl groups excluding tert-OH is 1. The predicted octanol–water partition coefficient (Wildman–Crippen LogP) is 3.12. The van der Waals surface area contributed by atoms with Crippen molar-refractivity contribution in [1.82, 2.24) is 15.6 Å². The highest BCUT2D eigenvalue weighted by Gasteiger charge is 2.24. The first kappa shape index (κ1) is 27.4. The average molecular weight is 594 g/mol. The van der Waals surface area contributed by atoms with Crippen molar-refractivity contribution in [2.75, 3.05) is 32.8 Å². The summed E-state index contributed by atoms with van der Waals surface area (Å²) in [5, 5.41) is 18.1. The monoisotopic (exact) mass is 592 g/mol. The molecule has 2 amide bonds. The second-order valence-electron chi connectivity index (χ2n) is 9.01. The first-order valence-corrected chi connectivity index (χ1v) is 13.4. The summed E-state index contributed by atoms with van der Waals surface area (Å²) in [4.78, 5) is 25.7. The van der Waals surface area contributed by atoms with Gasteiger partial charge in [0.15, 0.2) is 6.61 Å². The minimum absolute atomic E-state index is 0.0968. The van der Waals surface area contributed by atoms with Gasteiger partial charge in [-0.05, 0) is 54.8 Å². The number of carbonyl (C=O) groups is 2. The molecule has 2 aliphatic rings. The van der Waals surface area contributed by atoms with Crippen molar-refractivity contribution in [3.8, 4) is 11.5 Å². The molecule has 0 radical (unpaired) electrons.